The first-order valence-corrected chi connectivity index (χ1v) is 6.72. The Labute approximate surface area is 115 Å². The standard InChI is InChI=1S/C13H23BN2O3/c1-9(10(2)17)16-8-11(7-15-16)14-18-12(3,4)13(5,6)19-14/h7-10,17H,1-6H3. The maximum atomic E-state index is 9.59. The quantitative estimate of drug-likeness (QED) is 0.833. The van der Waals surface area contributed by atoms with Gasteiger partial charge in [-0.3, -0.25) is 4.68 Å². The van der Waals surface area contributed by atoms with Gasteiger partial charge in [-0.25, -0.2) is 0 Å². The van der Waals surface area contributed by atoms with Crippen molar-refractivity contribution in [3.63, 3.8) is 0 Å². The van der Waals surface area contributed by atoms with Crippen LogP contribution in [0.1, 0.15) is 47.6 Å². The molecule has 2 unspecified atom stereocenters. The van der Waals surface area contributed by atoms with Crippen LogP contribution in [0.4, 0.5) is 0 Å². The van der Waals surface area contributed by atoms with Crippen molar-refractivity contribution in [2.45, 2.75) is 64.9 Å². The second-order valence-corrected chi connectivity index (χ2v) is 6.32. The highest BCUT2D eigenvalue weighted by molar-refractivity contribution is 6.61. The van der Waals surface area contributed by atoms with Crippen LogP contribution in [0.25, 0.3) is 0 Å². The third kappa shape index (κ3) is 2.57. The smallest absolute Gasteiger partial charge is 0.399 e. The average molecular weight is 266 g/mol. The minimum atomic E-state index is -0.453. The molecule has 0 radical (unpaired) electrons. The van der Waals surface area contributed by atoms with E-state index >= 15 is 0 Å². The van der Waals surface area contributed by atoms with E-state index in [4.69, 9.17) is 9.31 Å². The maximum absolute atomic E-state index is 9.59. The molecular weight excluding hydrogens is 243 g/mol. The number of hydrogen-bond donors (Lipinski definition) is 1. The number of aliphatic hydroxyl groups is 1. The van der Waals surface area contributed by atoms with Gasteiger partial charge in [0.2, 0.25) is 0 Å². The van der Waals surface area contributed by atoms with Crippen LogP contribution in [0.3, 0.4) is 0 Å². The number of hydrogen-bond acceptors (Lipinski definition) is 4. The molecule has 1 aliphatic heterocycles. The summed E-state index contributed by atoms with van der Waals surface area (Å²) in [4.78, 5) is 0. The Hall–Kier alpha value is -0.845. The zero-order valence-electron chi connectivity index (χ0n) is 12.5. The van der Waals surface area contributed by atoms with Crippen molar-refractivity contribution in [2.24, 2.45) is 0 Å². The summed E-state index contributed by atoms with van der Waals surface area (Å²) in [6.07, 6.45) is 3.16. The minimum Gasteiger partial charge on any atom is -0.399 e. The Kier molecular flexibility index (Phi) is 3.54. The van der Waals surface area contributed by atoms with Gasteiger partial charge in [-0.05, 0) is 41.5 Å². The highest BCUT2D eigenvalue weighted by Crippen LogP contribution is 2.36. The van der Waals surface area contributed by atoms with Gasteiger partial charge in [-0.2, -0.15) is 5.10 Å². The molecule has 1 saturated heterocycles. The lowest BCUT2D eigenvalue weighted by atomic mass is 9.82. The van der Waals surface area contributed by atoms with Crippen LogP contribution in [-0.2, 0) is 9.31 Å². The molecule has 0 spiro atoms. The molecule has 19 heavy (non-hydrogen) atoms. The minimum absolute atomic E-state index is 0.0730. The van der Waals surface area contributed by atoms with E-state index in [1.807, 2.05) is 40.8 Å². The van der Waals surface area contributed by atoms with E-state index in [9.17, 15) is 5.11 Å². The molecule has 0 amide bonds. The molecule has 2 atom stereocenters. The molecule has 2 rings (SSSR count). The van der Waals surface area contributed by atoms with Crippen LogP contribution >= 0.6 is 0 Å². The summed E-state index contributed by atoms with van der Waals surface area (Å²) >= 11 is 0. The molecule has 0 aliphatic carbocycles. The first-order valence-electron chi connectivity index (χ1n) is 6.72. The Balaban J connectivity index is 2.17. The molecule has 0 saturated carbocycles. The second kappa shape index (κ2) is 4.61. The summed E-state index contributed by atoms with van der Waals surface area (Å²) in [6.45, 7) is 11.8. The molecule has 106 valence electrons. The van der Waals surface area contributed by atoms with E-state index in [1.165, 1.54) is 0 Å². The topological polar surface area (TPSA) is 56.5 Å². The molecular formula is C13H23BN2O3. The molecule has 1 aromatic rings. The fourth-order valence-electron chi connectivity index (χ4n) is 1.90. The Bertz CT molecular complexity index is 440. The third-order valence-corrected chi connectivity index (χ3v) is 4.26. The van der Waals surface area contributed by atoms with Gasteiger partial charge in [0.15, 0.2) is 0 Å². The van der Waals surface area contributed by atoms with E-state index in [2.05, 4.69) is 5.10 Å². The van der Waals surface area contributed by atoms with Crippen molar-refractivity contribution in [1.82, 2.24) is 9.78 Å². The van der Waals surface area contributed by atoms with Gasteiger partial charge in [-0.1, -0.05) is 0 Å². The van der Waals surface area contributed by atoms with Crippen LogP contribution in [0.15, 0.2) is 12.4 Å². The SMILES string of the molecule is CC(O)C(C)n1cc(B2OC(C)(C)C(C)(C)O2)cn1. The average Bonchev–Trinajstić information content (AvgIpc) is 2.81. The monoisotopic (exact) mass is 266 g/mol. The van der Waals surface area contributed by atoms with Crippen LogP contribution in [0.2, 0.25) is 0 Å². The molecule has 0 bridgehead atoms. The number of rotatable bonds is 3. The summed E-state index contributed by atoms with van der Waals surface area (Å²) in [6, 6.07) is -0.0730. The van der Waals surface area contributed by atoms with Crippen molar-refractivity contribution in [3.05, 3.63) is 12.4 Å². The van der Waals surface area contributed by atoms with Crippen molar-refractivity contribution in [2.75, 3.05) is 0 Å². The van der Waals surface area contributed by atoms with Crippen molar-refractivity contribution in [1.29, 1.82) is 0 Å². The predicted molar refractivity (Wildman–Crippen MR) is 74.3 cm³/mol. The molecule has 0 aromatic carbocycles. The second-order valence-electron chi connectivity index (χ2n) is 6.32. The normalized spacial score (nSPS) is 24.5. The molecule has 1 fully saturated rings. The predicted octanol–water partition coefficient (Wildman–Crippen LogP) is 1.12. The zero-order valence-corrected chi connectivity index (χ0v) is 12.5. The first-order chi connectivity index (χ1) is 8.64. The lowest BCUT2D eigenvalue weighted by Crippen LogP contribution is -2.41. The first kappa shape index (κ1) is 14.6. The molecule has 1 aliphatic rings. The van der Waals surface area contributed by atoms with Gasteiger partial charge in [-0.15, -0.1) is 0 Å². The van der Waals surface area contributed by atoms with Crippen molar-refractivity contribution in [3.8, 4) is 0 Å². The fraction of sp³-hybridized carbons (Fsp3) is 0.769. The van der Waals surface area contributed by atoms with E-state index in [0.29, 0.717) is 0 Å². The Morgan fingerprint density at radius 3 is 2.21 bits per heavy atom. The Morgan fingerprint density at radius 1 is 1.21 bits per heavy atom. The number of aliphatic hydroxyl groups excluding tert-OH is 1. The molecule has 1 N–H and O–H groups in total. The number of aromatic nitrogens is 2. The molecule has 5 nitrogen and oxygen atoms in total. The van der Waals surface area contributed by atoms with Crippen molar-refractivity contribution >= 4 is 12.6 Å². The van der Waals surface area contributed by atoms with Gasteiger partial charge in [0.25, 0.3) is 0 Å². The zero-order chi connectivity index (χ0) is 14.4. The van der Waals surface area contributed by atoms with Crippen LogP contribution < -0.4 is 5.46 Å². The van der Waals surface area contributed by atoms with E-state index < -0.39 is 13.2 Å². The van der Waals surface area contributed by atoms with E-state index in [1.54, 1.807) is 17.8 Å². The maximum Gasteiger partial charge on any atom is 0.498 e. The third-order valence-electron chi connectivity index (χ3n) is 4.26. The van der Waals surface area contributed by atoms with E-state index in [-0.39, 0.29) is 17.2 Å². The molecule has 1 aromatic heterocycles. The molecule has 6 heteroatoms. The van der Waals surface area contributed by atoms with Gasteiger partial charge < -0.3 is 14.4 Å². The van der Waals surface area contributed by atoms with Crippen LogP contribution in [-0.4, -0.2) is 39.3 Å². The lowest BCUT2D eigenvalue weighted by Gasteiger charge is -2.32. The summed E-state index contributed by atoms with van der Waals surface area (Å²) in [5, 5.41) is 13.9. The van der Waals surface area contributed by atoms with Gasteiger partial charge in [0.05, 0.1) is 23.3 Å². The number of nitrogens with zero attached hydrogens (tertiary/aromatic N) is 2. The fourth-order valence-corrected chi connectivity index (χ4v) is 1.90. The Morgan fingerprint density at radius 2 is 1.74 bits per heavy atom. The summed E-state index contributed by atoms with van der Waals surface area (Å²) in [5.74, 6) is 0. The highest BCUT2D eigenvalue weighted by atomic mass is 16.7. The van der Waals surface area contributed by atoms with Crippen molar-refractivity contribution < 1.29 is 14.4 Å². The van der Waals surface area contributed by atoms with Crippen LogP contribution in [0, 0.1) is 0 Å². The largest absolute Gasteiger partial charge is 0.498 e. The van der Waals surface area contributed by atoms with E-state index in [0.717, 1.165) is 5.46 Å². The van der Waals surface area contributed by atoms with Gasteiger partial charge in [0, 0.05) is 17.9 Å². The van der Waals surface area contributed by atoms with Crippen LogP contribution in [0.5, 0.6) is 0 Å². The highest BCUT2D eigenvalue weighted by Gasteiger charge is 2.52. The molecule has 2 heterocycles. The summed E-state index contributed by atoms with van der Waals surface area (Å²) < 4.78 is 13.7. The summed E-state index contributed by atoms with van der Waals surface area (Å²) in [7, 11) is -0.403. The van der Waals surface area contributed by atoms with Gasteiger partial charge in [0.1, 0.15) is 0 Å². The van der Waals surface area contributed by atoms with Gasteiger partial charge >= 0.3 is 7.12 Å². The lowest BCUT2D eigenvalue weighted by molar-refractivity contribution is 0.00578. The summed E-state index contributed by atoms with van der Waals surface area (Å²) in [5.41, 5.74) is 0.178.